The van der Waals surface area contributed by atoms with Crippen molar-refractivity contribution in [1.82, 2.24) is 5.32 Å². The topological polar surface area (TPSA) is 74.2 Å². The maximum atomic E-state index is 13.2. The number of amides is 1. The number of hydrogen-bond donors (Lipinski definition) is 2. The van der Waals surface area contributed by atoms with Crippen molar-refractivity contribution < 1.29 is 13.9 Å². The highest BCUT2D eigenvalue weighted by Gasteiger charge is 2.10. The lowest BCUT2D eigenvalue weighted by molar-refractivity contribution is -0.115. The number of carbonyl (C=O) groups excluding carboxylic acids is 1. The molecule has 0 radical (unpaired) electrons. The maximum absolute atomic E-state index is 13.2. The van der Waals surface area contributed by atoms with Gasteiger partial charge in [-0.1, -0.05) is 6.07 Å². The Kier molecular flexibility index (Phi) is 5.77. The smallest absolute Gasteiger partial charge is 0.238 e. The van der Waals surface area contributed by atoms with Crippen molar-refractivity contribution in [2.45, 2.75) is 0 Å². The number of rotatable bonds is 6. The Bertz CT molecular complexity index is 457. The number of methoxy groups -OCH3 is 1. The van der Waals surface area contributed by atoms with Gasteiger partial charge in [-0.2, -0.15) is 5.26 Å². The highest BCUT2D eigenvalue weighted by Crippen LogP contribution is 2.17. The van der Waals surface area contributed by atoms with Gasteiger partial charge in [0, 0.05) is 13.7 Å². The number of nitrogens with zero attached hydrogens (tertiary/aromatic N) is 1. The number of carbonyl (C=O) groups is 1. The molecule has 0 atom stereocenters. The number of nitrogens with one attached hydrogen (secondary N) is 2. The van der Waals surface area contributed by atoms with E-state index >= 15 is 0 Å². The first kappa shape index (κ1) is 14.1. The van der Waals surface area contributed by atoms with Crippen molar-refractivity contribution in [3.05, 3.63) is 29.6 Å². The predicted octanol–water partition coefficient (Wildman–Crippen LogP) is 0.872. The van der Waals surface area contributed by atoms with E-state index in [4.69, 9.17) is 10.00 Å². The minimum atomic E-state index is -0.650. The molecule has 1 rings (SSSR count). The van der Waals surface area contributed by atoms with Crippen molar-refractivity contribution in [1.29, 1.82) is 5.26 Å². The average Bonchev–Trinajstić information content (AvgIpc) is 2.35. The Hall–Kier alpha value is -1.97. The zero-order valence-electron chi connectivity index (χ0n) is 10.00. The zero-order valence-corrected chi connectivity index (χ0v) is 10.00. The fourth-order valence-corrected chi connectivity index (χ4v) is 1.31. The first-order valence-electron chi connectivity index (χ1n) is 5.37. The van der Waals surface area contributed by atoms with Gasteiger partial charge in [-0.3, -0.25) is 4.79 Å². The fourth-order valence-electron chi connectivity index (χ4n) is 1.31. The Balaban J connectivity index is 2.55. The van der Waals surface area contributed by atoms with E-state index in [0.717, 1.165) is 0 Å². The number of ether oxygens (including phenoxy) is 1. The Morgan fingerprint density at radius 2 is 2.33 bits per heavy atom. The SMILES string of the molecule is COCCNCC(=O)Nc1cccc(F)c1C#N. The van der Waals surface area contributed by atoms with Crippen LogP contribution in [0.25, 0.3) is 0 Å². The molecule has 0 aliphatic heterocycles. The van der Waals surface area contributed by atoms with Gasteiger partial charge in [-0.15, -0.1) is 0 Å². The molecular weight excluding hydrogens is 237 g/mol. The molecule has 2 N–H and O–H groups in total. The summed E-state index contributed by atoms with van der Waals surface area (Å²) in [6.45, 7) is 1.11. The van der Waals surface area contributed by atoms with Crippen LogP contribution in [0.5, 0.6) is 0 Å². The minimum absolute atomic E-state index is 0.0741. The lowest BCUT2D eigenvalue weighted by Gasteiger charge is -2.08. The summed E-state index contributed by atoms with van der Waals surface area (Å²) in [4.78, 5) is 11.5. The Morgan fingerprint density at radius 1 is 1.56 bits per heavy atom. The molecule has 0 spiro atoms. The highest BCUT2D eigenvalue weighted by atomic mass is 19.1. The quantitative estimate of drug-likeness (QED) is 0.736. The van der Waals surface area contributed by atoms with Gasteiger partial charge < -0.3 is 15.4 Å². The first-order chi connectivity index (χ1) is 8.69. The summed E-state index contributed by atoms with van der Waals surface area (Å²) in [5.74, 6) is -0.990. The molecule has 0 saturated carbocycles. The average molecular weight is 251 g/mol. The van der Waals surface area contributed by atoms with Gasteiger partial charge in [-0.05, 0) is 12.1 Å². The van der Waals surface area contributed by atoms with Crippen LogP contribution in [0.1, 0.15) is 5.56 Å². The third kappa shape index (κ3) is 4.13. The molecule has 1 aromatic rings. The molecule has 0 bridgehead atoms. The van der Waals surface area contributed by atoms with Crippen molar-refractivity contribution in [2.75, 3.05) is 32.1 Å². The molecular formula is C12H14FN3O2. The molecule has 0 unspecified atom stereocenters. The van der Waals surface area contributed by atoms with Crippen LogP contribution >= 0.6 is 0 Å². The first-order valence-corrected chi connectivity index (χ1v) is 5.37. The highest BCUT2D eigenvalue weighted by molar-refractivity contribution is 5.93. The van der Waals surface area contributed by atoms with Crippen LogP contribution in [0.4, 0.5) is 10.1 Å². The fraction of sp³-hybridized carbons (Fsp3) is 0.333. The molecule has 1 amide bonds. The van der Waals surface area contributed by atoms with Crippen LogP contribution in [0.2, 0.25) is 0 Å². The lowest BCUT2D eigenvalue weighted by atomic mass is 10.2. The molecule has 1 aromatic carbocycles. The van der Waals surface area contributed by atoms with E-state index in [1.165, 1.54) is 18.2 Å². The number of anilines is 1. The van der Waals surface area contributed by atoms with Crippen LogP contribution in [-0.4, -0.2) is 32.7 Å². The number of hydrogen-bond acceptors (Lipinski definition) is 4. The van der Waals surface area contributed by atoms with Gasteiger partial charge in [-0.25, -0.2) is 4.39 Å². The molecule has 96 valence electrons. The summed E-state index contributed by atoms with van der Waals surface area (Å²) in [5.41, 5.74) is 0.0128. The Labute approximate surface area is 105 Å². The molecule has 0 aliphatic rings. The summed E-state index contributed by atoms with van der Waals surface area (Å²) in [6.07, 6.45) is 0. The largest absolute Gasteiger partial charge is 0.383 e. The molecule has 18 heavy (non-hydrogen) atoms. The van der Waals surface area contributed by atoms with E-state index in [1.54, 1.807) is 13.2 Å². The summed E-state index contributed by atoms with van der Waals surface area (Å²) in [6, 6.07) is 5.80. The number of halogens is 1. The second-order valence-electron chi connectivity index (χ2n) is 3.49. The third-order valence-electron chi connectivity index (χ3n) is 2.17. The zero-order chi connectivity index (χ0) is 13.4. The summed E-state index contributed by atoms with van der Waals surface area (Å²) in [5, 5.41) is 14.1. The maximum Gasteiger partial charge on any atom is 0.238 e. The van der Waals surface area contributed by atoms with Crippen molar-refractivity contribution >= 4 is 11.6 Å². The molecule has 0 heterocycles. The predicted molar refractivity (Wildman–Crippen MR) is 64.5 cm³/mol. The van der Waals surface area contributed by atoms with Crippen LogP contribution in [0.3, 0.4) is 0 Å². The monoisotopic (exact) mass is 251 g/mol. The van der Waals surface area contributed by atoms with E-state index in [9.17, 15) is 9.18 Å². The summed E-state index contributed by atoms with van der Waals surface area (Å²) in [7, 11) is 1.56. The van der Waals surface area contributed by atoms with E-state index in [-0.39, 0.29) is 23.7 Å². The summed E-state index contributed by atoms with van der Waals surface area (Å²) >= 11 is 0. The van der Waals surface area contributed by atoms with E-state index in [2.05, 4.69) is 10.6 Å². The van der Waals surface area contributed by atoms with Gasteiger partial charge in [0.1, 0.15) is 17.4 Å². The number of benzene rings is 1. The Morgan fingerprint density at radius 3 is 3.00 bits per heavy atom. The second-order valence-corrected chi connectivity index (χ2v) is 3.49. The van der Waals surface area contributed by atoms with Crippen molar-refractivity contribution in [3.63, 3.8) is 0 Å². The van der Waals surface area contributed by atoms with Gasteiger partial charge in [0.05, 0.1) is 18.8 Å². The lowest BCUT2D eigenvalue weighted by Crippen LogP contribution is -2.30. The normalized spacial score (nSPS) is 9.83. The van der Waals surface area contributed by atoms with E-state index in [0.29, 0.717) is 13.2 Å². The van der Waals surface area contributed by atoms with Crippen LogP contribution < -0.4 is 10.6 Å². The molecule has 0 aliphatic carbocycles. The van der Waals surface area contributed by atoms with E-state index in [1.807, 2.05) is 0 Å². The third-order valence-corrected chi connectivity index (χ3v) is 2.17. The van der Waals surface area contributed by atoms with Crippen molar-refractivity contribution in [2.24, 2.45) is 0 Å². The molecule has 0 fully saturated rings. The van der Waals surface area contributed by atoms with Gasteiger partial charge >= 0.3 is 0 Å². The minimum Gasteiger partial charge on any atom is -0.383 e. The number of nitriles is 1. The molecule has 0 aromatic heterocycles. The molecule has 6 heteroatoms. The molecule has 5 nitrogen and oxygen atoms in total. The van der Waals surface area contributed by atoms with Gasteiger partial charge in [0.25, 0.3) is 0 Å². The summed E-state index contributed by atoms with van der Waals surface area (Å²) < 4.78 is 18.1. The van der Waals surface area contributed by atoms with E-state index < -0.39 is 5.82 Å². The standard InChI is InChI=1S/C12H14FN3O2/c1-18-6-5-15-8-12(17)16-11-4-2-3-10(13)9(11)7-14/h2-4,15H,5-6,8H2,1H3,(H,16,17). The van der Waals surface area contributed by atoms with Crippen LogP contribution in [0.15, 0.2) is 18.2 Å². The van der Waals surface area contributed by atoms with Crippen molar-refractivity contribution in [3.8, 4) is 6.07 Å². The molecule has 0 saturated heterocycles. The van der Waals surface area contributed by atoms with Gasteiger partial charge in [0.15, 0.2) is 0 Å². The second kappa shape index (κ2) is 7.37. The van der Waals surface area contributed by atoms with Crippen LogP contribution in [0, 0.1) is 17.1 Å². The van der Waals surface area contributed by atoms with Gasteiger partial charge in [0.2, 0.25) is 5.91 Å². The van der Waals surface area contributed by atoms with Crippen LogP contribution in [-0.2, 0) is 9.53 Å².